The first-order valence-electron chi connectivity index (χ1n) is 15.4. The standard InChI is InChI=1S/C36H38BrN3O5S/c1-45-34-22-11-10-21-32(34)40(46(43,44)31-19-6-3-7-20-31)26-35(41)39(25-28-15-12-16-29(37)23-28)33(24-27-13-4-2-5-14-27)36(42)38-30-17-8-9-18-30/h2-7,10-16,19-23,30,33H,8-9,17-18,24-26H2,1H3,(H,38,42). The molecule has 0 radical (unpaired) electrons. The summed E-state index contributed by atoms with van der Waals surface area (Å²) < 4.78 is 35.9. The van der Waals surface area contributed by atoms with E-state index in [4.69, 9.17) is 4.74 Å². The predicted octanol–water partition coefficient (Wildman–Crippen LogP) is 6.35. The molecule has 0 aromatic heterocycles. The molecule has 5 rings (SSSR count). The lowest BCUT2D eigenvalue weighted by Crippen LogP contribution is -2.54. The van der Waals surface area contributed by atoms with Gasteiger partial charge in [0.2, 0.25) is 11.8 Å². The van der Waals surface area contributed by atoms with Crippen LogP contribution < -0.4 is 14.4 Å². The van der Waals surface area contributed by atoms with Crippen LogP contribution in [0.4, 0.5) is 5.69 Å². The molecule has 4 aromatic carbocycles. The highest BCUT2D eigenvalue weighted by Crippen LogP contribution is 2.33. The number of nitrogens with zero attached hydrogens (tertiary/aromatic N) is 2. The van der Waals surface area contributed by atoms with Crippen LogP contribution in [0.2, 0.25) is 0 Å². The predicted molar refractivity (Wildman–Crippen MR) is 183 cm³/mol. The number of amides is 2. The van der Waals surface area contributed by atoms with E-state index in [1.54, 1.807) is 42.5 Å². The average molecular weight is 705 g/mol. The monoisotopic (exact) mass is 703 g/mol. The van der Waals surface area contributed by atoms with Crippen LogP contribution in [0.15, 0.2) is 119 Å². The van der Waals surface area contributed by atoms with Gasteiger partial charge in [-0.1, -0.05) is 102 Å². The SMILES string of the molecule is COc1ccccc1N(CC(=O)N(Cc1cccc(Br)c1)C(Cc1ccccc1)C(=O)NC1CCCC1)S(=O)(=O)c1ccccc1. The molecular weight excluding hydrogens is 666 g/mol. The zero-order chi connectivity index (χ0) is 32.5. The molecule has 0 saturated heterocycles. The minimum atomic E-state index is -4.22. The van der Waals surface area contributed by atoms with E-state index in [0.29, 0.717) is 5.75 Å². The second-order valence-electron chi connectivity index (χ2n) is 11.3. The van der Waals surface area contributed by atoms with Crippen molar-refractivity contribution in [1.82, 2.24) is 10.2 Å². The van der Waals surface area contributed by atoms with Crippen LogP contribution in [0.25, 0.3) is 0 Å². The Hall–Kier alpha value is -4.15. The van der Waals surface area contributed by atoms with Crippen LogP contribution in [0, 0.1) is 0 Å². The van der Waals surface area contributed by atoms with Gasteiger partial charge in [-0.25, -0.2) is 8.42 Å². The maximum Gasteiger partial charge on any atom is 0.264 e. The molecule has 46 heavy (non-hydrogen) atoms. The number of carbonyl (C=O) groups excluding carboxylic acids is 2. The lowest BCUT2D eigenvalue weighted by Gasteiger charge is -2.34. The first-order valence-corrected chi connectivity index (χ1v) is 17.6. The number of ether oxygens (including phenoxy) is 1. The van der Waals surface area contributed by atoms with Gasteiger partial charge in [0.05, 0.1) is 17.7 Å². The third-order valence-corrected chi connectivity index (χ3v) is 10.4. The number of anilines is 1. The van der Waals surface area contributed by atoms with Gasteiger partial charge in [-0.3, -0.25) is 13.9 Å². The Labute approximate surface area is 279 Å². The highest BCUT2D eigenvalue weighted by atomic mass is 79.9. The van der Waals surface area contributed by atoms with Gasteiger partial charge < -0.3 is 15.0 Å². The number of carbonyl (C=O) groups is 2. The van der Waals surface area contributed by atoms with Gasteiger partial charge in [-0.05, 0) is 60.4 Å². The van der Waals surface area contributed by atoms with E-state index in [1.807, 2.05) is 54.6 Å². The Morgan fingerprint density at radius 3 is 2.17 bits per heavy atom. The second-order valence-corrected chi connectivity index (χ2v) is 14.1. The number of halogens is 1. The normalized spacial score (nSPS) is 14.0. The summed E-state index contributed by atoms with van der Waals surface area (Å²) in [5.41, 5.74) is 1.91. The van der Waals surface area contributed by atoms with Crippen molar-refractivity contribution in [1.29, 1.82) is 0 Å². The summed E-state index contributed by atoms with van der Waals surface area (Å²) in [6.07, 6.45) is 4.13. The summed E-state index contributed by atoms with van der Waals surface area (Å²) >= 11 is 3.52. The van der Waals surface area contributed by atoms with Gasteiger partial charge in [-0.2, -0.15) is 0 Å². The third kappa shape index (κ3) is 8.16. The second kappa shape index (κ2) is 15.4. The maximum absolute atomic E-state index is 14.7. The number of methoxy groups -OCH3 is 1. The van der Waals surface area contributed by atoms with E-state index in [2.05, 4.69) is 21.2 Å². The van der Waals surface area contributed by atoms with Crippen molar-refractivity contribution >= 4 is 43.5 Å². The van der Waals surface area contributed by atoms with Crippen molar-refractivity contribution < 1.29 is 22.7 Å². The van der Waals surface area contributed by atoms with E-state index in [0.717, 1.165) is 45.6 Å². The number of sulfonamides is 1. The molecule has 240 valence electrons. The lowest BCUT2D eigenvalue weighted by atomic mass is 10.0. The molecule has 1 fully saturated rings. The topological polar surface area (TPSA) is 96.0 Å². The summed E-state index contributed by atoms with van der Waals surface area (Å²) in [6.45, 7) is -0.452. The van der Waals surface area contributed by atoms with Gasteiger partial charge in [-0.15, -0.1) is 0 Å². The van der Waals surface area contributed by atoms with Crippen molar-refractivity contribution in [2.75, 3.05) is 18.0 Å². The van der Waals surface area contributed by atoms with Crippen LogP contribution in [0.1, 0.15) is 36.8 Å². The molecule has 0 aliphatic heterocycles. The number of para-hydroxylation sites is 2. The first kappa shape index (κ1) is 33.2. The molecule has 8 nitrogen and oxygen atoms in total. The average Bonchev–Trinajstić information content (AvgIpc) is 3.59. The fraction of sp³-hybridized carbons (Fsp3) is 0.278. The minimum absolute atomic E-state index is 0.0343. The highest BCUT2D eigenvalue weighted by molar-refractivity contribution is 9.10. The summed E-state index contributed by atoms with van der Waals surface area (Å²) in [5.74, 6) is -0.477. The largest absolute Gasteiger partial charge is 0.495 e. The van der Waals surface area contributed by atoms with E-state index in [1.165, 1.54) is 24.1 Å². The number of hydrogen-bond donors (Lipinski definition) is 1. The zero-order valence-corrected chi connectivity index (χ0v) is 28.1. The molecule has 0 heterocycles. The Morgan fingerprint density at radius 1 is 0.870 bits per heavy atom. The Kier molecular flexibility index (Phi) is 11.1. The molecule has 1 saturated carbocycles. The molecule has 1 unspecified atom stereocenters. The molecule has 1 aliphatic rings. The van der Waals surface area contributed by atoms with Crippen molar-refractivity contribution in [3.63, 3.8) is 0 Å². The highest BCUT2D eigenvalue weighted by Gasteiger charge is 2.36. The Balaban J connectivity index is 1.58. The summed E-state index contributed by atoms with van der Waals surface area (Å²) in [6, 6.07) is 30.9. The summed E-state index contributed by atoms with van der Waals surface area (Å²) in [4.78, 5) is 30.3. The van der Waals surface area contributed by atoms with Crippen molar-refractivity contribution in [2.24, 2.45) is 0 Å². The molecular formula is C36H38BrN3O5S. The summed E-state index contributed by atoms with van der Waals surface area (Å²) in [5, 5.41) is 3.20. The summed E-state index contributed by atoms with van der Waals surface area (Å²) in [7, 11) is -2.77. The zero-order valence-electron chi connectivity index (χ0n) is 25.7. The Morgan fingerprint density at radius 2 is 1.50 bits per heavy atom. The molecule has 10 heteroatoms. The quantitative estimate of drug-likeness (QED) is 0.175. The van der Waals surface area contributed by atoms with Crippen LogP contribution in [0.3, 0.4) is 0 Å². The molecule has 0 spiro atoms. The van der Waals surface area contributed by atoms with Crippen LogP contribution in [0.5, 0.6) is 5.75 Å². The number of rotatable bonds is 13. The third-order valence-electron chi connectivity index (χ3n) is 8.18. The van der Waals surface area contributed by atoms with Crippen molar-refractivity contribution in [2.45, 2.75) is 55.6 Å². The fourth-order valence-corrected chi connectivity index (χ4v) is 7.71. The molecule has 4 aromatic rings. The Bertz CT molecular complexity index is 1730. The smallest absolute Gasteiger partial charge is 0.264 e. The molecule has 2 amide bonds. The van der Waals surface area contributed by atoms with E-state index in [-0.39, 0.29) is 35.5 Å². The van der Waals surface area contributed by atoms with Crippen LogP contribution in [-0.2, 0) is 32.6 Å². The van der Waals surface area contributed by atoms with Gasteiger partial charge in [0.1, 0.15) is 18.3 Å². The minimum Gasteiger partial charge on any atom is -0.495 e. The molecule has 0 bridgehead atoms. The number of benzene rings is 4. The van der Waals surface area contributed by atoms with Crippen LogP contribution in [-0.4, -0.2) is 50.9 Å². The molecule has 1 atom stereocenters. The van der Waals surface area contributed by atoms with Crippen LogP contribution >= 0.6 is 15.9 Å². The van der Waals surface area contributed by atoms with Gasteiger partial charge in [0.25, 0.3) is 10.0 Å². The maximum atomic E-state index is 14.7. The van der Waals surface area contributed by atoms with Crippen molar-refractivity contribution in [3.05, 3.63) is 125 Å². The number of hydrogen-bond acceptors (Lipinski definition) is 5. The van der Waals surface area contributed by atoms with Gasteiger partial charge in [0, 0.05) is 23.5 Å². The van der Waals surface area contributed by atoms with Crippen molar-refractivity contribution in [3.8, 4) is 5.75 Å². The van der Waals surface area contributed by atoms with E-state index in [9.17, 15) is 18.0 Å². The van der Waals surface area contributed by atoms with Gasteiger partial charge in [0.15, 0.2) is 0 Å². The van der Waals surface area contributed by atoms with Gasteiger partial charge >= 0.3 is 0 Å². The molecule has 1 N–H and O–H groups in total. The van der Waals surface area contributed by atoms with E-state index < -0.39 is 28.5 Å². The van der Waals surface area contributed by atoms with E-state index >= 15 is 0 Å². The first-order chi connectivity index (χ1) is 22.3. The lowest BCUT2D eigenvalue weighted by molar-refractivity contribution is -0.140. The molecule has 1 aliphatic carbocycles. The number of nitrogens with one attached hydrogen (secondary N) is 1. The fourth-order valence-electron chi connectivity index (χ4n) is 5.82.